The largest absolute Gasteiger partial charge is 0.448 e. The fourth-order valence-corrected chi connectivity index (χ4v) is 3.65. The normalized spacial score (nSPS) is 14.8. The molecule has 4 aromatic rings. The van der Waals surface area contributed by atoms with Gasteiger partial charge in [-0.25, -0.2) is 9.97 Å². The van der Waals surface area contributed by atoms with Gasteiger partial charge >= 0.3 is 0 Å². The third-order valence-corrected chi connectivity index (χ3v) is 5.29. The SMILES string of the molecule is Cn1cc(-c2cc3cc(NC(=O)c4coc(C5CCNCC5)n4)ncc3cn2)cn1. The Hall–Kier alpha value is -3.59. The third kappa shape index (κ3) is 3.67. The molecule has 4 aromatic heterocycles. The lowest BCUT2D eigenvalue weighted by molar-refractivity contribution is 0.102. The van der Waals surface area contributed by atoms with Crippen molar-refractivity contribution in [2.45, 2.75) is 18.8 Å². The molecule has 1 aliphatic heterocycles. The molecule has 0 aliphatic carbocycles. The monoisotopic (exact) mass is 403 g/mol. The zero-order valence-corrected chi connectivity index (χ0v) is 16.5. The van der Waals surface area contributed by atoms with Gasteiger partial charge in [-0.2, -0.15) is 5.10 Å². The van der Waals surface area contributed by atoms with Crippen molar-refractivity contribution in [2.24, 2.45) is 7.05 Å². The lowest BCUT2D eigenvalue weighted by Crippen LogP contribution is -2.26. The van der Waals surface area contributed by atoms with Crippen molar-refractivity contribution in [3.05, 3.63) is 54.8 Å². The van der Waals surface area contributed by atoms with Crippen LogP contribution in [0.3, 0.4) is 0 Å². The van der Waals surface area contributed by atoms with Crippen molar-refractivity contribution in [3.63, 3.8) is 0 Å². The molecule has 9 nitrogen and oxygen atoms in total. The highest BCUT2D eigenvalue weighted by atomic mass is 16.3. The molecule has 5 heterocycles. The molecule has 0 bridgehead atoms. The number of hydrogen-bond donors (Lipinski definition) is 2. The number of aryl methyl sites for hydroxylation is 1. The van der Waals surface area contributed by atoms with E-state index in [4.69, 9.17) is 4.42 Å². The van der Waals surface area contributed by atoms with Gasteiger partial charge in [0.25, 0.3) is 5.91 Å². The minimum absolute atomic E-state index is 0.255. The van der Waals surface area contributed by atoms with Gasteiger partial charge in [0.15, 0.2) is 11.6 Å². The number of nitrogens with zero attached hydrogens (tertiary/aromatic N) is 5. The Morgan fingerprint density at radius 3 is 2.80 bits per heavy atom. The summed E-state index contributed by atoms with van der Waals surface area (Å²) < 4.78 is 7.30. The van der Waals surface area contributed by atoms with Gasteiger partial charge in [-0.15, -0.1) is 0 Å². The first kappa shape index (κ1) is 18.4. The average Bonchev–Trinajstić information content (AvgIpc) is 3.43. The van der Waals surface area contributed by atoms with Crippen LogP contribution in [0, 0.1) is 0 Å². The second-order valence-corrected chi connectivity index (χ2v) is 7.44. The second-order valence-electron chi connectivity index (χ2n) is 7.44. The van der Waals surface area contributed by atoms with Gasteiger partial charge in [0, 0.05) is 42.5 Å². The number of rotatable bonds is 4. The van der Waals surface area contributed by atoms with Crippen molar-refractivity contribution >= 4 is 22.5 Å². The van der Waals surface area contributed by atoms with Crippen LogP contribution < -0.4 is 10.6 Å². The van der Waals surface area contributed by atoms with Crippen LogP contribution in [0.2, 0.25) is 0 Å². The number of piperidine rings is 1. The molecule has 0 saturated carbocycles. The predicted octanol–water partition coefficient (Wildman–Crippen LogP) is 2.74. The Labute approximate surface area is 172 Å². The van der Waals surface area contributed by atoms with Crippen LogP contribution in [0.1, 0.15) is 35.1 Å². The first-order chi connectivity index (χ1) is 14.7. The summed E-state index contributed by atoms with van der Waals surface area (Å²) >= 11 is 0. The summed E-state index contributed by atoms with van der Waals surface area (Å²) in [5.74, 6) is 0.986. The summed E-state index contributed by atoms with van der Waals surface area (Å²) in [5.41, 5.74) is 1.99. The molecule has 9 heteroatoms. The summed E-state index contributed by atoms with van der Waals surface area (Å²) in [7, 11) is 1.86. The molecular formula is C21H21N7O2. The Balaban J connectivity index is 1.35. The van der Waals surface area contributed by atoms with E-state index < -0.39 is 0 Å². The van der Waals surface area contributed by atoms with Gasteiger partial charge in [-0.1, -0.05) is 0 Å². The molecule has 1 aliphatic rings. The second kappa shape index (κ2) is 7.68. The number of pyridine rings is 2. The van der Waals surface area contributed by atoms with Crippen LogP contribution in [-0.2, 0) is 7.05 Å². The van der Waals surface area contributed by atoms with Gasteiger partial charge in [-0.3, -0.25) is 14.5 Å². The van der Waals surface area contributed by atoms with E-state index in [2.05, 4.69) is 30.7 Å². The Morgan fingerprint density at radius 1 is 1.17 bits per heavy atom. The summed E-state index contributed by atoms with van der Waals surface area (Å²) in [5, 5.41) is 12.1. The molecule has 1 fully saturated rings. The zero-order valence-electron chi connectivity index (χ0n) is 16.5. The molecule has 0 atom stereocenters. The summed E-state index contributed by atoms with van der Waals surface area (Å²) in [4.78, 5) is 25.8. The van der Waals surface area contributed by atoms with Crippen LogP contribution in [-0.4, -0.2) is 43.7 Å². The lowest BCUT2D eigenvalue weighted by Gasteiger charge is -2.19. The number of carbonyl (C=O) groups excluding carboxylic acids is 1. The highest BCUT2D eigenvalue weighted by Crippen LogP contribution is 2.25. The summed E-state index contributed by atoms with van der Waals surface area (Å²) in [6.45, 7) is 1.87. The quantitative estimate of drug-likeness (QED) is 0.539. The molecule has 0 radical (unpaired) electrons. The Kier molecular flexibility index (Phi) is 4.72. The number of anilines is 1. The molecule has 30 heavy (non-hydrogen) atoms. The summed E-state index contributed by atoms with van der Waals surface area (Å²) in [6, 6.07) is 3.78. The fraction of sp³-hybridized carbons (Fsp3) is 0.286. The number of oxazole rings is 1. The molecular weight excluding hydrogens is 382 g/mol. The molecule has 1 saturated heterocycles. The molecule has 0 unspecified atom stereocenters. The van der Waals surface area contributed by atoms with Crippen LogP contribution in [0.4, 0.5) is 5.82 Å². The first-order valence-corrected chi connectivity index (χ1v) is 9.88. The van der Waals surface area contributed by atoms with Crippen molar-refractivity contribution < 1.29 is 9.21 Å². The van der Waals surface area contributed by atoms with Gasteiger partial charge in [0.1, 0.15) is 12.1 Å². The number of hydrogen-bond acceptors (Lipinski definition) is 7. The van der Waals surface area contributed by atoms with E-state index in [1.54, 1.807) is 23.3 Å². The zero-order chi connectivity index (χ0) is 20.5. The topological polar surface area (TPSA) is 111 Å². The summed E-state index contributed by atoms with van der Waals surface area (Å²) in [6.07, 6.45) is 10.5. The number of nitrogens with one attached hydrogen (secondary N) is 2. The number of fused-ring (bicyclic) bond motifs is 1. The van der Waals surface area contributed by atoms with Crippen molar-refractivity contribution in [1.82, 2.24) is 30.0 Å². The van der Waals surface area contributed by atoms with Crippen LogP contribution in [0.5, 0.6) is 0 Å². The molecule has 0 spiro atoms. The van der Waals surface area contributed by atoms with E-state index in [-0.39, 0.29) is 17.5 Å². The molecule has 152 valence electrons. The van der Waals surface area contributed by atoms with Crippen molar-refractivity contribution in [2.75, 3.05) is 18.4 Å². The molecule has 0 aromatic carbocycles. The highest BCUT2D eigenvalue weighted by molar-refractivity contribution is 6.03. The van der Waals surface area contributed by atoms with Crippen LogP contribution in [0.15, 0.2) is 47.6 Å². The van der Waals surface area contributed by atoms with E-state index in [0.29, 0.717) is 11.7 Å². The van der Waals surface area contributed by atoms with Gasteiger partial charge < -0.3 is 15.1 Å². The van der Waals surface area contributed by atoms with Crippen molar-refractivity contribution in [1.29, 1.82) is 0 Å². The fourth-order valence-electron chi connectivity index (χ4n) is 3.65. The predicted molar refractivity (Wildman–Crippen MR) is 111 cm³/mol. The minimum atomic E-state index is -0.340. The third-order valence-electron chi connectivity index (χ3n) is 5.29. The minimum Gasteiger partial charge on any atom is -0.448 e. The standard InChI is InChI=1S/C21H21N7O2/c1-28-11-16(10-25-28)17-6-14-7-19(24-9-15(14)8-23-17)27-20(29)18-12-30-21(26-18)13-2-4-22-5-3-13/h6-13,22H,2-5H2,1H3,(H,24,27,29). The highest BCUT2D eigenvalue weighted by Gasteiger charge is 2.22. The average molecular weight is 403 g/mol. The Morgan fingerprint density at radius 2 is 2.00 bits per heavy atom. The van der Waals surface area contributed by atoms with Gasteiger partial charge in [0.05, 0.1) is 11.9 Å². The molecule has 1 amide bonds. The van der Waals surface area contributed by atoms with Crippen LogP contribution in [0.25, 0.3) is 22.0 Å². The maximum absolute atomic E-state index is 12.6. The van der Waals surface area contributed by atoms with E-state index in [9.17, 15) is 4.79 Å². The number of amides is 1. The Bertz CT molecular complexity index is 1210. The molecule has 2 N–H and O–H groups in total. The smallest absolute Gasteiger partial charge is 0.278 e. The van der Waals surface area contributed by atoms with Gasteiger partial charge in [0.2, 0.25) is 0 Å². The lowest BCUT2D eigenvalue weighted by atomic mass is 9.98. The molecule has 5 rings (SSSR count). The van der Waals surface area contributed by atoms with E-state index in [1.165, 1.54) is 6.26 Å². The van der Waals surface area contributed by atoms with E-state index in [1.807, 2.05) is 25.4 Å². The van der Waals surface area contributed by atoms with Crippen LogP contribution >= 0.6 is 0 Å². The van der Waals surface area contributed by atoms with Gasteiger partial charge in [-0.05, 0) is 43.5 Å². The number of aromatic nitrogens is 5. The van der Waals surface area contributed by atoms with Crippen molar-refractivity contribution in [3.8, 4) is 11.3 Å². The number of carbonyl (C=O) groups is 1. The maximum atomic E-state index is 12.6. The first-order valence-electron chi connectivity index (χ1n) is 9.88. The van der Waals surface area contributed by atoms with E-state index in [0.717, 1.165) is 48.0 Å². The van der Waals surface area contributed by atoms with E-state index >= 15 is 0 Å². The maximum Gasteiger partial charge on any atom is 0.278 e.